The molecule has 3 heterocycles. The molecule has 0 aliphatic heterocycles. The highest BCUT2D eigenvalue weighted by Gasteiger charge is 2.28. The first-order valence-electron chi connectivity index (χ1n) is 11.8. The van der Waals surface area contributed by atoms with Gasteiger partial charge in [0.25, 0.3) is 11.9 Å². The number of carbonyl (C=O) groups is 1. The minimum Gasteiger partial charge on any atom is -0.480 e. The summed E-state index contributed by atoms with van der Waals surface area (Å²) in [5, 5.41) is 3.17. The van der Waals surface area contributed by atoms with Gasteiger partial charge in [-0.05, 0) is 34.0 Å². The highest BCUT2D eigenvalue weighted by atomic mass is 28.3. The summed E-state index contributed by atoms with van der Waals surface area (Å²) in [4.78, 5) is 32.3. The fourth-order valence-corrected chi connectivity index (χ4v) is 4.28. The molecule has 3 rings (SSSR count). The van der Waals surface area contributed by atoms with Gasteiger partial charge in [0.2, 0.25) is 29.3 Å². The molecule has 0 bridgehead atoms. The van der Waals surface area contributed by atoms with Gasteiger partial charge in [-0.2, -0.15) is 9.97 Å². The molecule has 0 aliphatic rings. The largest absolute Gasteiger partial charge is 0.480 e. The predicted molar refractivity (Wildman–Crippen MR) is 143 cm³/mol. The van der Waals surface area contributed by atoms with E-state index < -0.39 is 14.0 Å². The molecule has 0 saturated carbocycles. The topological polar surface area (TPSA) is 151 Å². The van der Waals surface area contributed by atoms with Gasteiger partial charge in [0.15, 0.2) is 0 Å². The molecular weight excluding hydrogens is 494 g/mol. The van der Waals surface area contributed by atoms with Crippen molar-refractivity contribution in [1.29, 1.82) is 0 Å². The fourth-order valence-electron chi connectivity index (χ4n) is 3.39. The number of carbonyl (C=O) groups excluding carboxylic acids is 1. The molecule has 0 atom stereocenters. The molecule has 200 valence electrons. The summed E-state index contributed by atoms with van der Waals surface area (Å²) in [5.74, 6) is 0.0683. The molecule has 12 nitrogen and oxygen atoms in total. The highest BCUT2D eigenvalue weighted by Crippen LogP contribution is 2.42. The smallest absolute Gasteiger partial charge is 0.292 e. The maximum Gasteiger partial charge on any atom is 0.292 e. The number of hydrogen-bond acceptors (Lipinski definition) is 11. The third-order valence-electron chi connectivity index (χ3n) is 5.29. The van der Waals surface area contributed by atoms with E-state index in [2.05, 4.69) is 49.8 Å². The minimum absolute atomic E-state index is 0.0159. The fraction of sp³-hybridized carbons (Fsp3) is 0.458. The van der Waals surface area contributed by atoms with Gasteiger partial charge in [0, 0.05) is 29.9 Å². The Kier molecular flexibility index (Phi) is 8.71. The van der Waals surface area contributed by atoms with E-state index in [0.717, 1.165) is 18.4 Å². The predicted octanol–water partition coefficient (Wildman–Crippen LogP) is 2.65. The number of nitrogens with zero attached hydrogens (tertiary/aromatic N) is 5. The maximum atomic E-state index is 12.3. The van der Waals surface area contributed by atoms with E-state index in [4.69, 9.17) is 24.4 Å². The Bertz CT molecular complexity index is 1230. The average molecular weight is 530 g/mol. The lowest BCUT2D eigenvalue weighted by Crippen LogP contribution is -2.42. The molecule has 0 aliphatic carbocycles. The van der Waals surface area contributed by atoms with Gasteiger partial charge in [-0.1, -0.05) is 19.6 Å². The minimum atomic E-state index is -1.79. The summed E-state index contributed by atoms with van der Waals surface area (Å²) in [7, 11) is 5.15. The molecule has 3 N–H and O–H groups in total. The SMILES string of the molecule is COc1nc(NCCCN(C)C)nc(OC)c1-c1cc(Oc2nc([Si](C)(C)C)ncc2C)oc1C(N)=O. The molecule has 13 heteroatoms. The van der Waals surface area contributed by atoms with Gasteiger partial charge < -0.3 is 34.6 Å². The molecule has 0 aromatic carbocycles. The van der Waals surface area contributed by atoms with Crippen LogP contribution < -0.4 is 30.7 Å². The maximum absolute atomic E-state index is 12.3. The number of ether oxygens (including phenoxy) is 3. The summed E-state index contributed by atoms with van der Waals surface area (Å²) in [6, 6.07) is 1.52. The molecule has 0 fully saturated rings. The van der Waals surface area contributed by atoms with E-state index in [9.17, 15) is 4.79 Å². The van der Waals surface area contributed by atoms with Crippen LogP contribution in [0.25, 0.3) is 11.1 Å². The number of methoxy groups -OCH3 is 2. The lowest BCUT2D eigenvalue weighted by atomic mass is 10.1. The Balaban J connectivity index is 2.01. The van der Waals surface area contributed by atoms with E-state index in [1.807, 2.05) is 21.0 Å². The van der Waals surface area contributed by atoms with Gasteiger partial charge in [-0.15, -0.1) is 0 Å². The average Bonchev–Trinajstić information content (AvgIpc) is 3.25. The first-order chi connectivity index (χ1) is 17.4. The number of furan rings is 1. The number of aromatic nitrogens is 4. The Morgan fingerprint density at radius 2 is 1.76 bits per heavy atom. The van der Waals surface area contributed by atoms with Gasteiger partial charge in [-0.25, -0.2) is 9.97 Å². The number of primary amides is 1. The number of nitrogens with one attached hydrogen (secondary N) is 1. The molecule has 0 spiro atoms. The van der Waals surface area contributed by atoms with Crippen molar-refractivity contribution in [3.8, 4) is 34.7 Å². The molecule has 0 unspecified atom stereocenters. The standard InChI is InChI=1S/C24H35N7O5Si/c1-14-13-27-24(37(6,7)8)30-20(14)36-16-12-15(18(35-16)19(25)32)17-21(33-4)28-23(29-22(17)34-5)26-10-9-11-31(2)3/h12-13H,9-11H2,1-8H3,(H2,25,32)(H,26,28,29). The number of amides is 1. The lowest BCUT2D eigenvalue weighted by molar-refractivity contribution is 0.0969. The second kappa shape index (κ2) is 11.6. The van der Waals surface area contributed by atoms with E-state index >= 15 is 0 Å². The Labute approximate surface area is 217 Å². The van der Waals surface area contributed by atoms with Crippen molar-refractivity contribution >= 4 is 25.4 Å². The van der Waals surface area contributed by atoms with Crippen LogP contribution in [0.1, 0.15) is 22.5 Å². The summed E-state index contributed by atoms with van der Waals surface area (Å²) < 4.78 is 22.7. The zero-order chi connectivity index (χ0) is 27.3. The van der Waals surface area contributed by atoms with Crippen molar-refractivity contribution in [2.24, 2.45) is 5.73 Å². The monoisotopic (exact) mass is 529 g/mol. The second-order valence-electron chi connectivity index (χ2n) is 9.73. The molecule has 37 heavy (non-hydrogen) atoms. The third kappa shape index (κ3) is 6.74. The molecule has 0 radical (unpaired) electrons. The Hall–Kier alpha value is -3.71. The normalized spacial score (nSPS) is 11.5. The summed E-state index contributed by atoms with van der Waals surface area (Å²) >= 11 is 0. The third-order valence-corrected chi connectivity index (χ3v) is 6.87. The van der Waals surface area contributed by atoms with Gasteiger partial charge in [0.05, 0.1) is 14.2 Å². The summed E-state index contributed by atoms with van der Waals surface area (Å²) in [6.07, 6.45) is 2.60. The van der Waals surface area contributed by atoms with Crippen molar-refractivity contribution < 1.29 is 23.4 Å². The van der Waals surface area contributed by atoms with E-state index in [1.54, 1.807) is 6.20 Å². The second-order valence-corrected chi connectivity index (χ2v) is 14.7. The quantitative estimate of drug-likeness (QED) is 0.263. The molecular formula is C24H35N7O5Si. The van der Waals surface area contributed by atoms with Crippen LogP contribution >= 0.6 is 0 Å². The van der Waals surface area contributed by atoms with Crippen LogP contribution in [0.5, 0.6) is 23.6 Å². The number of hydrogen-bond donors (Lipinski definition) is 2. The van der Waals surface area contributed by atoms with Crippen LogP contribution in [0.2, 0.25) is 19.6 Å². The van der Waals surface area contributed by atoms with Crippen molar-refractivity contribution in [3.05, 3.63) is 23.6 Å². The number of rotatable bonds is 12. The first kappa shape index (κ1) is 27.9. The van der Waals surface area contributed by atoms with Crippen molar-refractivity contribution in [1.82, 2.24) is 24.8 Å². The van der Waals surface area contributed by atoms with Crippen molar-refractivity contribution in [3.63, 3.8) is 0 Å². The lowest BCUT2D eigenvalue weighted by Gasteiger charge is -2.15. The number of nitrogens with two attached hydrogens (primary N) is 1. The zero-order valence-electron chi connectivity index (χ0n) is 22.6. The van der Waals surface area contributed by atoms with Crippen LogP contribution in [0.3, 0.4) is 0 Å². The van der Waals surface area contributed by atoms with Crippen LogP contribution in [0.15, 0.2) is 16.7 Å². The molecule has 1 amide bonds. The van der Waals surface area contributed by atoms with Crippen LogP contribution in [0, 0.1) is 6.92 Å². The first-order valence-corrected chi connectivity index (χ1v) is 15.3. The van der Waals surface area contributed by atoms with Gasteiger partial charge in [0.1, 0.15) is 19.1 Å². The van der Waals surface area contributed by atoms with Crippen LogP contribution in [-0.2, 0) is 0 Å². The van der Waals surface area contributed by atoms with Crippen LogP contribution in [-0.4, -0.2) is 80.2 Å². The van der Waals surface area contributed by atoms with E-state index in [-0.39, 0.29) is 29.0 Å². The van der Waals surface area contributed by atoms with Crippen molar-refractivity contribution in [2.75, 3.05) is 46.7 Å². The van der Waals surface area contributed by atoms with Gasteiger partial charge in [-0.3, -0.25) is 4.79 Å². The molecule has 0 saturated heterocycles. The Morgan fingerprint density at radius 1 is 1.11 bits per heavy atom. The number of anilines is 1. The Morgan fingerprint density at radius 3 is 2.30 bits per heavy atom. The summed E-state index contributed by atoms with van der Waals surface area (Å²) in [5.41, 5.74) is 7.66. The molecule has 3 aromatic heterocycles. The highest BCUT2D eigenvalue weighted by molar-refractivity contribution is 6.87. The molecule has 3 aromatic rings. The number of aryl methyl sites for hydroxylation is 1. The summed E-state index contributed by atoms with van der Waals surface area (Å²) in [6.45, 7) is 9.79. The van der Waals surface area contributed by atoms with Crippen LogP contribution in [0.4, 0.5) is 5.95 Å². The van der Waals surface area contributed by atoms with E-state index in [0.29, 0.717) is 29.5 Å². The van der Waals surface area contributed by atoms with Crippen molar-refractivity contribution in [2.45, 2.75) is 33.0 Å². The van der Waals surface area contributed by atoms with E-state index in [1.165, 1.54) is 20.3 Å². The zero-order valence-corrected chi connectivity index (χ0v) is 23.6. The van der Waals surface area contributed by atoms with Gasteiger partial charge >= 0.3 is 0 Å².